The van der Waals surface area contributed by atoms with E-state index in [1.807, 2.05) is 0 Å². The number of carbonyl (C=O) groups excluding carboxylic acids is 2. The molecule has 1 saturated carbocycles. The Morgan fingerprint density at radius 3 is 2.37 bits per heavy atom. The number of ether oxygens (including phenoxy) is 1. The predicted octanol–water partition coefficient (Wildman–Crippen LogP) is -0.644. The second-order valence-corrected chi connectivity index (χ2v) is 5.07. The van der Waals surface area contributed by atoms with E-state index in [1.165, 1.54) is 11.9 Å². The van der Waals surface area contributed by atoms with Gasteiger partial charge in [-0.05, 0) is 25.7 Å². The van der Waals surface area contributed by atoms with Gasteiger partial charge >= 0.3 is 5.97 Å². The molecule has 0 radical (unpaired) electrons. The van der Waals surface area contributed by atoms with Crippen LogP contribution in [0.25, 0.3) is 0 Å². The van der Waals surface area contributed by atoms with Crippen molar-refractivity contribution in [1.82, 2.24) is 10.2 Å². The monoisotopic (exact) mass is 270 g/mol. The normalized spacial score (nSPS) is 25.9. The van der Waals surface area contributed by atoms with Crippen LogP contribution in [-0.2, 0) is 19.1 Å². The summed E-state index contributed by atoms with van der Waals surface area (Å²) in [5.74, 6) is -1.58. The molecule has 19 heavy (non-hydrogen) atoms. The Morgan fingerprint density at radius 2 is 1.84 bits per heavy atom. The van der Waals surface area contributed by atoms with Crippen LogP contribution in [-0.4, -0.2) is 59.6 Å². The largest absolute Gasteiger partial charge is 0.479 e. The average molecular weight is 270 g/mol. The number of carboxylic acids is 1. The van der Waals surface area contributed by atoms with Gasteiger partial charge in [0.2, 0.25) is 5.91 Å². The van der Waals surface area contributed by atoms with Gasteiger partial charge in [-0.25, -0.2) is 4.79 Å². The summed E-state index contributed by atoms with van der Waals surface area (Å²) in [5.41, 5.74) is 0. The SMILES string of the molecule is CN(CC(=O)NC1CC1)C(=O)[C@@H]1CC[C@H](C(=O)O)O1. The standard InChI is InChI=1S/C12H18N2O5/c1-14(6-10(15)13-7-2-3-7)11(16)8-4-5-9(19-8)12(17)18/h7-9H,2-6H2,1H3,(H,13,15)(H,17,18)/t8-,9+/m0/s1. The molecule has 0 unspecified atom stereocenters. The minimum atomic E-state index is -1.05. The number of carbonyl (C=O) groups is 3. The lowest BCUT2D eigenvalue weighted by Crippen LogP contribution is -2.43. The van der Waals surface area contributed by atoms with E-state index in [9.17, 15) is 14.4 Å². The zero-order chi connectivity index (χ0) is 14.0. The third-order valence-electron chi connectivity index (χ3n) is 3.27. The van der Waals surface area contributed by atoms with Gasteiger partial charge in [-0.1, -0.05) is 0 Å². The van der Waals surface area contributed by atoms with Crippen LogP contribution in [0.15, 0.2) is 0 Å². The van der Waals surface area contributed by atoms with E-state index in [-0.39, 0.29) is 24.4 Å². The number of nitrogens with zero attached hydrogens (tertiary/aromatic N) is 1. The van der Waals surface area contributed by atoms with Crippen LogP contribution in [0.5, 0.6) is 0 Å². The van der Waals surface area contributed by atoms with E-state index in [2.05, 4.69) is 5.32 Å². The van der Waals surface area contributed by atoms with Gasteiger partial charge in [0, 0.05) is 13.1 Å². The summed E-state index contributed by atoms with van der Waals surface area (Å²) in [7, 11) is 1.52. The van der Waals surface area contributed by atoms with E-state index in [4.69, 9.17) is 9.84 Å². The van der Waals surface area contributed by atoms with Crippen molar-refractivity contribution in [2.75, 3.05) is 13.6 Å². The van der Waals surface area contributed by atoms with Crippen LogP contribution in [0.3, 0.4) is 0 Å². The fourth-order valence-electron chi connectivity index (χ4n) is 2.04. The molecule has 7 heteroatoms. The van der Waals surface area contributed by atoms with E-state index >= 15 is 0 Å². The maximum absolute atomic E-state index is 12.0. The number of nitrogens with one attached hydrogen (secondary N) is 1. The molecule has 0 aromatic carbocycles. The third-order valence-corrected chi connectivity index (χ3v) is 3.27. The molecule has 2 rings (SSSR count). The maximum Gasteiger partial charge on any atom is 0.332 e. The second-order valence-electron chi connectivity index (χ2n) is 5.07. The van der Waals surface area contributed by atoms with Crippen molar-refractivity contribution >= 4 is 17.8 Å². The van der Waals surface area contributed by atoms with Crippen molar-refractivity contribution in [3.05, 3.63) is 0 Å². The van der Waals surface area contributed by atoms with Crippen molar-refractivity contribution in [2.45, 2.75) is 43.9 Å². The van der Waals surface area contributed by atoms with Crippen molar-refractivity contribution in [3.8, 4) is 0 Å². The molecule has 2 atom stereocenters. The molecule has 1 aliphatic heterocycles. The van der Waals surface area contributed by atoms with Crippen LogP contribution in [0, 0.1) is 0 Å². The minimum absolute atomic E-state index is 0.0209. The van der Waals surface area contributed by atoms with Crippen molar-refractivity contribution < 1.29 is 24.2 Å². The van der Waals surface area contributed by atoms with Gasteiger partial charge in [0.05, 0.1) is 6.54 Å². The van der Waals surface area contributed by atoms with E-state index < -0.39 is 18.2 Å². The van der Waals surface area contributed by atoms with E-state index in [1.54, 1.807) is 0 Å². The Hall–Kier alpha value is -1.63. The summed E-state index contributed by atoms with van der Waals surface area (Å²) in [4.78, 5) is 35.6. The Labute approximate surface area is 110 Å². The van der Waals surface area contributed by atoms with Gasteiger partial charge < -0.3 is 20.1 Å². The van der Waals surface area contributed by atoms with Gasteiger partial charge in [-0.2, -0.15) is 0 Å². The predicted molar refractivity (Wildman–Crippen MR) is 64.3 cm³/mol. The van der Waals surface area contributed by atoms with Gasteiger partial charge in [0.15, 0.2) is 6.10 Å². The van der Waals surface area contributed by atoms with E-state index in [0.29, 0.717) is 12.8 Å². The molecule has 0 aromatic rings. The quantitative estimate of drug-likeness (QED) is 0.692. The average Bonchev–Trinajstić information content (AvgIpc) is 3.00. The highest BCUT2D eigenvalue weighted by atomic mass is 16.5. The van der Waals surface area contributed by atoms with Crippen LogP contribution in [0.2, 0.25) is 0 Å². The molecule has 2 N–H and O–H groups in total. The minimum Gasteiger partial charge on any atom is -0.479 e. The van der Waals surface area contributed by atoms with E-state index in [0.717, 1.165) is 12.8 Å². The fourth-order valence-corrected chi connectivity index (χ4v) is 2.04. The van der Waals surface area contributed by atoms with Crippen molar-refractivity contribution in [1.29, 1.82) is 0 Å². The number of rotatable bonds is 5. The Bertz CT molecular complexity index is 394. The maximum atomic E-state index is 12.0. The van der Waals surface area contributed by atoms with Crippen LogP contribution >= 0.6 is 0 Å². The highest BCUT2D eigenvalue weighted by Gasteiger charge is 2.36. The van der Waals surface area contributed by atoms with Crippen molar-refractivity contribution in [3.63, 3.8) is 0 Å². The summed E-state index contributed by atoms with van der Waals surface area (Å²) in [6, 6.07) is 0.259. The lowest BCUT2D eigenvalue weighted by molar-refractivity contribution is -0.155. The zero-order valence-electron chi connectivity index (χ0n) is 10.8. The number of carboxylic acid groups (broad SMARTS) is 1. The Morgan fingerprint density at radius 1 is 1.21 bits per heavy atom. The Balaban J connectivity index is 1.78. The van der Waals surface area contributed by atoms with Crippen LogP contribution in [0.4, 0.5) is 0 Å². The molecular weight excluding hydrogens is 252 g/mol. The first kappa shape index (κ1) is 13.8. The fraction of sp³-hybridized carbons (Fsp3) is 0.750. The molecule has 7 nitrogen and oxygen atoms in total. The molecule has 0 aromatic heterocycles. The van der Waals surface area contributed by atoms with Gasteiger partial charge in [0.25, 0.3) is 5.91 Å². The molecule has 1 saturated heterocycles. The zero-order valence-corrected chi connectivity index (χ0v) is 10.8. The first-order chi connectivity index (χ1) is 8.97. The Kier molecular flexibility index (Phi) is 4.04. The van der Waals surface area contributed by atoms with Gasteiger partial charge in [-0.15, -0.1) is 0 Å². The topological polar surface area (TPSA) is 95.9 Å². The number of hydrogen-bond acceptors (Lipinski definition) is 4. The highest BCUT2D eigenvalue weighted by Crippen LogP contribution is 2.21. The van der Waals surface area contributed by atoms with Gasteiger partial charge in [-0.3, -0.25) is 9.59 Å². The van der Waals surface area contributed by atoms with Crippen molar-refractivity contribution in [2.24, 2.45) is 0 Å². The molecule has 106 valence electrons. The molecule has 0 bridgehead atoms. The first-order valence-corrected chi connectivity index (χ1v) is 6.40. The van der Waals surface area contributed by atoms with Crippen LogP contribution < -0.4 is 5.32 Å². The number of amides is 2. The molecule has 2 amide bonds. The third kappa shape index (κ3) is 3.66. The molecule has 2 aliphatic rings. The first-order valence-electron chi connectivity index (χ1n) is 6.40. The lowest BCUT2D eigenvalue weighted by Gasteiger charge is -2.20. The molecule has 1 aliphatic carbocycles. The lowest BCUT2D eigenvalue weighted by atomic mass is 10.2. The number of likely N-dealkylation sites (N-methyl/N-ethyl adjacent to an activating group) is 1. The second kappa shape index (κ2) is 5.56. The van der Waals surface area contributed by atoms with Crippen LogP contribution in [0.1, 0.15) is 25.7 Å². The summed E-state index contributed by atoms with van der Waals surface area (Å²) >= 11 is 0. The highest BCUT2D eigenvalue weighted by molar-refractivity contribution is 5.87. The summed E-state index contributed by atoms with van der Waals surface area (Å²) in [5, 5.41) is 11.6. The summed E-state index contributed by atoms with van der Waals surface area (Å²) in [6.07, 6.45) is 1.03. The molecule has 2 fully saturated rings. The smallest absolute Gasteiger partial charge is 0.332 e. The van der Waals surface area contributed by atoms with Gasteiger partial charge in [0.1, 0.15) is 6.10 Å². The molecule has 1 heterocycles. The summed E-state index contributed by atoms with van der Waals surface area (Å²) < 4.78 is 5.16. The number of hydrogen-bond donors (Lipinski definition) is 2. The summed E-state index contributed by atoms with van der Waals surface area (Å²) in [6.45, 7) is -0.0209. The molecule has 0 spiro atoms. The molecular formula is C12H18N2O5. The number of aliphatic carboxylic acids is 1.